The number of rotatable bonds is 6. The fraction of sp³-hybridized carbons (Fsp3) is 0.529. The molecule has 0 saturated carbocycles. The Morgan fingerprint density at radius 3 is 2.50 bits per heavy atom. The maximum atomic E-state index is 12.7. The monoisotopic (exact) mass is 336 g/mol. The highest BCUT2D eigenvalue weighted by atomic mass is 16.5. The van der Waals surface area contributed by atoms with Crippen molar-refractivity contribution < 1.29 is 23.7 Å². The van der Waals surface area contributed by atoms with Crippen molar-refractivity contribution in [1.29, 1.82) is 0 Å². The third-order valence-electron chi connectivity index (χ3n) is 4.19. The van der Waals surface area contributed by atoms with Gasteiger partial charge >= 0.3 is 5.97 Å². The number of hydrogen-bond acceptors (Lipinski definition) is 6. The molecule has 0 aliphatic carbocycles. The Labute approximate surface area is 141 Å². The van der Waals surface area contributed by atoms with Crippen LogP contribution in [0.2, 0.25) is 0 Å². The predicted molar refractivity (Wildman–Crippen MR) is 90.9 cm³/mol. The molecule has 2 rings (SSSR count). The lowest BCUT2D eigenvalue weighted by Gasteiger charge is -2.35. The van der Waals surface area contributed by atoms with Crippen molar-refractivity contribution in [2.75, 3.05) is 26.1 Å². The SMILES string of the molecule is CCOC(=O)CCC1(C)Nc2cc(OC)c(OC)cc2C(C)=[N+]1[O-]. The molecule has 1 unspecified atom stereocenters. The number of nitrogens with one attached hydrogen (secondary N) is 1. The molecule has 1 atom stereocenters. The number of carbonyl (C=O) groups excluding carboxylic acids is 1. The molecule has 1 aromatic carbocycles. The molecule has 0 amide bonds. The topological polar surface area (TPSA) is 82.9 Å². The number of esters is 1. The molecule has 7 heteroatoms. The zero-order valence-corrected chi connectivity index (χ0v) is 14.8. The number of methoxy groups -OCH3 is 2. The predicted octanol–water partition coefficient (Wildman–Crippen LogP) is 2.51. The molecule has 0 fully saturated rings. The van der Waals surface area contributed by atoms with Gasteiger partial charge < -0.3 is 24.7 Å². The quantitative estimate of drug-likeness (QED) is 0.488. The molecule has 0 spiro atoms. The fourth-order valence-corrected chi connectivity index (χ4v) is 2.84. The number of anilines is 1. The summed E-state index contributed by atoms with van der Waals surface area (Å²) in [6.07, 6.45) is 0.479. The van der Waals surface area contributed by atoms with Gasteiger partial charge in [-0.15, -0.1) is 0 Å². The van der Waals surface area contributed by atoms with Crippen LogP contribution in [0.1, 0.15) is 39.2 Å². The number of benzene rings is 1. The van der Waals surface area contributed by atoms with Crippen LogP contribution in [-0.2, 0) is 9.53 Å². The van der Waals surface area contributed by atoms with Gasteiger partial charge in [-0.1, -0.05) is 0 Å². The van der Waals surface area contributed by atoms with E-state index in [-0.39, 0.29) is 12.4 Å². The first-order valence-corrected chi connectivity index (χ1v) is 7.87. The van der Waals surface area contributed by atoms with Gasteiger partial charge in [0.15, 0.2) is 17.2 Å². The smallest absolute Gasteiger partial charge is 0.306 e. The Hall–Kier alpha value is -2.44. The second-order valence-electron chi connectivity index (χ2n) is 5.84. The highest BCUT2D eigenvalue weighted by Gasteiger charge is 2.40. The summed E-state index contributed by atoms with van der Waals surface area (Å²) in [5.74, 6) is 0.814. The van der Waals surface area contributed by atoms with Crippen molar-refractivity contribution in [2.24, 2.45) is 0 Å². The van der Waals surface area contributed by atoms with Gasteiger partial charge in [0.2, 0.25) is 5.66 Å². The van der Waals surface area contributed by atoms with Gasteiger partial charge in [0, 0.05) is 26.3 Å². The first-order valence-electron chi connectivity index (χ1n) is 7.87. The van der Waals surface area contributed by atoms with Gasteiger partial charge in [-0.3, -0.25) is 4.79 Å². The molecule has 0 aromatic heterocycles. The molecule has 1 aromatic rings. The maximum Gasteiger partial charge on any atom is 0.306 e. The first-order chi connectivity index (χ1) is 11.4. The van der Waals surface area contributed by atoms with E-state index < -0.39 is 5.66 Å². The van der Waals surface area contributed by atoms with Crippen LogP contribution in [0.15, 0.2) is 12.1 Å². The van der Waals surface area contributed by atoms with Crippen molar-refractivity contribution in [3.8, 4) is 11.5 Å². The zero-order chi connectivity index (χ0) is 17.9. The Kier molecular flexibility index (Phi) is 5.21. The van der Waals surface area contributed by atoms with Gasteiger partial charge in [-0.25, -0.2) is 0 Å². The van der Waals surface area contributed by atoms with E-state index in [2.05, 4.69) is 5.32 Å². The lowest BCUT2D eigenvalue weighted by atomic mass is 9.98. The number of ether oxygens (including phenoxy) is 3. The summed E-state index contributed by atoms with van der Waals surface area (Å²) in [5.41, 5.74) is 1.12. The number of carbonyl (C=O) groups is 1. The van der Waals surface area contributed by atoms with E-state index in [0.29, 0.717) is 30.2 Å². The van der Waals surface area contributed by atoms with Crippen LogP contribution in [0.25, 0.3) is 0 Å². The fourth-order valence-electron chi connectivity index (χ4n) is 2.84. The summed E-state index contributed by atoms with van der Waals surface area (Å²) in [4.78, 5) is 11.6. The molecule has 1 N–H and O–H groups in total. The van der Waals surface area contributed by atoms with Crippen LogP contribution in [0.5, 0.6) is 11.5 Å². The lowest BCUT2D eigenvalue weighted by Crippen LogP contribution is -2.49. The standard InChI is InChI=1S/C17H24N2O5/c1-6-24-16(20)7-8-17(3)18-13-10-15(23-5)14(22-4)9-12(13)11(2)19(17)21/h9-10,18H,6-8H2,1-5H3. The van der Waals surface area contributed by atoms with Gasteiger partial charge in [0.1, 0.15) is 0 Å². The minimum Gasteiger partial charge on any atom is -0.622 e. The minimum atomic E-state index is -0.941. The molecule has 0 saturated heterocycles. The summed E-state index contributed by atoms with van der Waals surface area (Å²) < 4.78 is 16.5. The van der Waals surface area contributed by atoms with Crippen LogP contribution >= 0.6 is 0 Å². The lowest BCUT2D eigenvalue weighted by molar-refractivity contribution is -0.539. The molecule has 0 radical (unpaired) electrons. The summed E-state index contributed by atoms with van der Waals surface area (Å²) in [6, 6.07) is 3.57. The van der Waals surface area contributed by atoms with Crippen LogP contribution in [-0.4, -0.2) is 42.9 Å². The summed E-state index contributed by atoms with van der Waals surface area (Å²) >= 11 is 0. The summed E-state index contributed by atoms with van der Waals surface area (Å²) in [5, 5.41) is 16.0. The van der Waals surface area contributed by atoms with Crippen LogP contribution < -0.4 is 14.8 Å². The van der Waals surface area contributed by atoms with E-state index in [0.717, 1.165) is 16.0 Å². The molecule has 1 heterocycles. The molecule has 0 bridgehead atoms. The molecule has 7 nitrogen and oxygen atoms in total. The van der Waals surface area contributed by atoms with Crippen molar-refractivity contribution >= 4 is 17.4 Å². The van der Waals surface area contributed by atoms with Gasteiger partial charge in [-0.2, -0.15) is 4.74 Å². The Morgan fingerprint density at radius 1 is 1.29 bits per heavy atom. The average Bonchev–Trinajstić information content (AvgIpc) is 2.57. The minimum absolute atomic E-state index is 0.159. The average molecular weight is 336 g/mol. The highest BCUT2D eigenvalue weighted by molar-refractivity contribution is 6.02. The van der Waals surface area contributed by atoms with E-state index >= 15 is 0 Å². The van der Waals surface area contributed by atoms with E-state index in [4.69, 9.17) is 14.2 Å². The maximum absolute atomic E-state index is 12.7. The van der Waals surface area contributed by atoms with Crippen LogP contribution in [0.3, 0.4) is 0 Å². The zero-order valence-electron chi connectivity index (χ0n) is 14.8. The van der Waals surface area contributed by atoms with E-state index in [9.17, 15) is 10.0 Å². The third-order valence-corrected chi connectivity index (χ3v) is 4.19. The molecule has 1 aliphatic rings. The summed E-state index contributed by atoms with van der Waals surface area (Å²) in [6.45, 7) is 5.60. The van der Waals surface area contributed by atoms with Gasteiger partial charge in [0.25, 0.3) is 0 Å². The van der Waals surface area contributed by atoms with E-state index in [1.54, 1.807) is 47.1 Å². The molecule has 24 heavy (non-hydrogen) atoms. The third kappa shape index (κ3) is 3.25. The second kappa shape index (κ2) is 6.98. The Morgan fingerprint density at radius 2 is 1.92 bits per heavy atom. The first kappa shape index (κ1) is 17.9. The molecular formula is C17H24N2O5. The number of hydroxylamine groups is 1. The number of nitrogens with zero attached hydrogens (tertiary/aromatic N) is 1. The van der Waals surface area contributed by atoms with Gasteiger partial charge in [-0.05, 0) is 13.0 Å². The molecule has 1 aliphatic heterocycles. The number of hydrogen-bond donors (Lipinski definition) is 1. The normalized spacial score (nSPS) is 19.4. The van der Waals surface area contributed by atoms with Crippen LogP contribution in [0.4, 0.5) is 5.69 Å². The number of fused-ring (bicyclic) bond motifs is 1. The van der Waals surface area contributed by atoms with Crippen molar-refractivity contribution in [2.45, 2.75) is 39.3 Å². The van der Waals surface area contributed by atoms with Crippen molar-refractivity contribution in [1.82, 2.24) is 0 Å². The summed E-state index contributed by atoms with van der Waals surface area (Å²) in [7, 11) is 3.11. The second-order valence-corrected chi connectivity index (χ2v) is 5.84. The Balaban J connectivity index is 2.36. The largest absolute Gasteiger partial charge is 0.622 e. The van der Waals surface area contributed by atoms with E-state index in [1.807, 2.05) is 0 Å². The molecular weight excluding hydrogens is 312 g/mol. The van der Waals surface area contributed by atoms with Crippen LogP contribution in [0, 0.1) is 5.21 Å². The van der Waals surface area contributed by atoms with Crippen molar-refractivity contribution in [3.63, 3.8) is 0 Å². The highest BCUT2D eigenvalue weighted by Crippen LogP contribution is 2.38. The Bertz CT molecular complexity index is 671. The van der Waals surface area contributed by atoms with Gasteiger partial charge in [0.05, 0.1) is 38.5 Å². The van der Waals surface area contributed by atoms with Crippen molar-refractivity contribution in [3.05, 3.63) is 22.9 Å². The van der Waals surface area contributed by atoms with E-state index in [1.165, 1.54) is 0 Å². The molecule has 132 valence electrons.